The zero-order chi connectivity index (χ0) is 17.6. The number of carboxylic acids is 1. The SMILES string of the molecule is CC(NC(=O)c1ccc(NC(=O)CC(C)C(C)C)cc1)C(=O)O. The van der Waals surface area contributed by atoms with E-state index in [1.807, 2.05) is 6.92 Å². The molecule has 0 aliphatic heterocycles. The Hall–Kier alpha value is -2.37. The topological polar surface area (TPSA) is 95.5 Å². The Morgan fingerprint density at radius 1 is 1.04 bits per heavy atom. The summed E-state index contributed by atoms with van der Waals surface area (Å²) in [4.78, 5) is 34.5. The summed E-state index contributed by atoms with van der Waals surface area (Å²) in [6.07, 6.45) is 0.441. The second kappa shape index (κ2) is 8.31. The molecule has 2 unspecified atom stereocenters. The molecule has 0 bridgehead atoms. The van der Waals surface area contributed by atoms with Crippen molar-refractivity contribution in [3.05, 3.63) is 29.8 Å². The molecule has 6 heteroatoms. The summed E-state index contributed by atoms with van der Waals surface area (Å²) >= 11 is 0. The van der Waals surface area contributed by atoms with Crippen molar-refractivity contribution in [2.45, 2.75) is 40.2 Å². The molecule has 2 atom stereocenters. The lowest BCUT2D eigenvalue weighted by Crippen LogP contribution is -2.38. The van der Waals surface area contributed by atoms with E-state index < -0.39 is 17.9 Å². The maximum absolute atomic E-state index is 11.9. The molecule has 0 aliphatic carbocycles. The number of aliphatic carboxylic acids is 1. The van der Waals surface area contributed by atoms with Crippen LogP contribution in [0, 0.1) is 11.8 Å². The number of rotatable bonds is 7. The number of hydrogen-bond donors (Lipinski definition) is 3. The van der Waals surface area contributed by atoms with Crippen LogP contribution in [0.2, 0.25) is 0 Å². The highest BCUT2D eigenvalue weighted by Crippen LogP contribution is 2.16. The number of carbonyl (C=O) groups excluding carboxylic acids is 2. The average Bonchev–Trinajstić information content (AvgIpc) is 2.47. The molecule has 0 fully saturated rings. The van der Waals surface area contributed by atoms with Gasteiger partial charge in [0.2, 0.25) is 5.91 Å². The fourth-order valence-corrected chi connectivity index (χ4v) is 1.79. The number of nitrogens with one attached hydrogen (secondary N) is 2. The van der Waals surface area contributed by atoms with Gasteiger partial charge in [0.05, 0.1) is 0 Å². The number of anilines is 1. The third-order valence-corrected chi connectivity index (χ3v) is 3.79. The number of hydrogen-bond acceptors (Lipinski definition) is 3. The van der Waals surface area contributed by atoms with Crippen molar-refractivity contribution in [1.82, 2.24) is 5.32 Å². The van der Waals surface area contributed by atoms with E-state index in [2.05, 4.69) is 24.5 Å². The summed E-state index contributed by atoms with van der Waals surface area (Å²) < 4.78 is 0. The number of carbonyl (C=O) groups is 3. The third-order valence-electron chi connectivity index (χ3n) is 3.79. The normalized spacial score (nSPS) is 13.3. The van der Waals surface area contributed by atoms with Gasteiger partial charge < -0.3 is 15.7 Å². The fraction of sp³-hybridized carbons (Fsp3) is 0.471. The summed E-state index contributed by atoms with van der Waals surface area (Å²) in [5.41, 5.74) is 0.945. The summed E-state index contributed by atoms with van der Waals surface area (Å²) in [5, 5.41) is 13.9. The lowest BCUT2D eigenvalue weighted by molar-refractivity contribution is -0.138. The van der Waals surface area contributed by atoms with Crippen molar-refractivity contribution in [2.24, 2.45) is 11.8 Å². The van der Waals surface area contributed by atoms with Crippen LogP contribution in [0.25, 0.3) is 0 Å². The second-order valence-electron chi connectivity index (χ2n) is 6.08. The first-order chi connectivity index (χ1) is 10.7. The maximum Gasteiger partial charge on any atom is 0.325 e. The van der Waals surface area contributed by atoms with Crippen molar-refractivity contribution < 1.29 is 19.5 Å². The summed E-state index contributed by atoms with van der Waals surface area (Å²) in [6.45, 7) is 7.57. The van der Waals surface area contributed by atoms with Gasteiger partial charge in [0.15, 0.2) is 0 Å². The Labute approximate surface area is 136 Å². The number of amides is 2. The molecule has 126 valence electrons. The first kappa shape index (κ1) is 18.7. The van der Waals surface area contributed by atoms with Crippen LogP contribution in [-0.2, 0) is 9.59 Å². The third kappa shape index (κ3) is 6.10. The minimum absolute atomic E-state index is 0.0668. The average molecular weight is 320 g/mol. The molecule has 0 aromatic heterocycles. The van der Waals surface area contributed by atoms with Crippen molar-refractivity contribution in [1.29, 1.82) is 0 Å². The number of benzene rings is 1. The van der Waals surface area contributed by atoms with Gasteiger partial charge >= 0.3 is 5.97 Å². The fourth-order valence-electron chi connectivity index (χ4n) is 1.79. The molecular formula is C17H24N2O4. The van der Waals surface area contributed by atoms with Gasteiger partial charge in [-0.2, -0.15) is 0 Å². The molecule has 6 nitrogen and oxygen atoms in total. The maximum atomic E-state index is 11.9. The lowest BCUT2D eigenvalue weighted by atomic mass is 9.94. The summed E-state index contributed by atoms with van der Waals surface area (Å²) in [6, 6.07) is 5.38. The first-order valence-electron chi connectivity index (χ1n) is 7.64. The predicted octanol–water partition coefficient (Wildman–Crippen LogP) is 2.51. The molecule has 0 heterocycles. The van der Waals surface area contributed by atoms with Crippen LogP contribution in [0.15, 0.2) is 24.3 Å². The van der Waals surface area contributed by atoms with E-state index in [1.165, 1.54) is 6.92 Å². The lowest BCUT2D eigenvalue weighted by Gasteiger charge is -2.15. The monoisotopic (exact) mass is 320 g/mol. The molecule has 0 saturated carbocycles. The summed E-state index contributed by atoms with van der Waals surface area (Å²) in [5.74, 6) is -0.906. The van der Waals surface area contributed by atoms with Gasteiger partial charge in [-0.15, -0.1) is 0 Å². The van der Waals surface area contributed by atoms with Crippen LogP contribution in [-0.4, -0.2) is 28.9 Å². The Morgan fingerprint density at radius 3 is 2.09 bits per heavy atom. The Bertz CT molecular complexity index is 566. The van der Waals surface area contributed by atoms with Gasteiger partial charge in [-0.05, 0) is 43.0 Å². The quantitative estimate of drug-likeness (QED) is 0.719. The molecule has 0 spiro atoms. The molecule has 1 aromatic carbocycles. The van der Waals surface area contributed by atoms with E-state index in [-0.39, 0.29) is 11.8 Å². The van der Waals surface area contributed by atoms with Gasteiger partial charge in [-0.1, -0.05) is 20.8 Å². The van der Waals surface area contributed by atoms with Crippen LogP contribution in [0.1, 0.15) is 44.5 Å². The van der Waals surface area contributed by atoms with Gasteiger partial charge in [0.1, 0.15) is 6.04 Å². The molecule has 1 aromatic rings. The standard InChI is InChI=1S/C17H24N2O4/c1-10(2)11(3)9-15(20)19-14-7-5-13(6-8-14)16(21)18-12(4)17(22)23/h5-8,10-12H,9H2,1-4H3,(H,18,21)(H,19,20)(H,22,23). The highest BCUT2D eigenvalue weighted by molar-refractivity contribution is 5.97. The van der Waals surface area contributed by atoms with E-state index in [0.29, 0.717) is 23.6 Å². The minimum Gasteiger partial charge on any atom is -0.480 e. The van der Waals surface area contributed by atoms with E-state index in [9.17, 15) is 14.4 Å². The Morgan fingerprint density at radius 2 is 1.61 bits per heavy atom. The Balaban J connectivity index is 2.61. The minimum atomic E-state index is -1.10. The zero-order valence-electron chi connectivity index (χ0n) is 13.9. The molecule has 2 amide bonds. The molecule has 0 radical (unpaired) electrons. The smallest absolute Gasteiger partial charge is 0.325 e. The molecule has 0 aliphatic rings. The second-order valence-corrected chi connectivity index (χ2v) is 6.08. The van der Waals surface area contributed by atoms with Crippen molar-refractivity contribution in [2.75, 3.05) is 5.32 Å². The van der Waals surface area contributed by atoms with Crippen LogP contribution >= 0.6 is 0 Å². The molecule has 1 rings (SSSR count). The highest BCUT2D eigenvalue weighted by Gasteiger charge is 2.16. The van der Waals surface area contributed by atoms with Crippen LogP contribution < -0.4 is 10.6 Å². The molecule has 3 N–H and O–H groups in total. The summed E-state index contributed by atoms with van der Waals surface area (Å²) in [7, 11) is 0. The van der Waals surface area contributed by atoms with Crippen LogP contribution in [0.3, 0.4) is 0 Å². The van der Waals surface area contributed by atoms with Crippen molar-refractivity contribution in [3.8, 4) is 0 Å². The van der Waals surface area contributed by atoms with E-state index in [0.717, 1.165) is 0 Å². The van der Waals surface area contributed by atoms with Crippen LogP contribution in [0.4, 0.5) is 5.69 Å². The molecule has 0 saturated heterocycles. The molecular weight excluding hydrogens is 296 g/mol. The first-order valence-corrected chi connectivity index (χ1v) is 7.64. The van der Waals surface area contributed by atoms with Crippen molar-refractivity contribution >= 4 is 23.5 Å². The van der Waals surface area contributed by atoms with Crippen molar-refractivity contribution in [3.63, 3.8) is 0 Å². The predicted molar refractivity (Wildman–Crippen MR) is 88.3 cm³/mol. The van der Waals surface area contributed by atoms with Gasteiger partial charge in [0, 0.05) is 17.7 Å². The van der Waals surface area contributed by atoms with Gasteiger partial charge in [-0.3, -0.25) is 14.4 Å². The zero-order valence-corrected chi connectivity index (χ0v) is 13.9. The number of carboxylic acid groups (broad SMARTS) is 1. The van der Waals surface area contributed by atoms with Gasteiger partial charge in [0.25, 0.3) is 5.91 Å². The van der Waals surface area contributed by atoms with Gasteiger partial charge in [-0.25, -0.2) is 0 Å². The van der Waals surface area contributed by atoms with E-state index in [1.54, 1.807) is 24.3 Å². The molecule has 23 heavy (non-hydrogen) atoms. The van der Waals surface area contributed by atoms with E-state index >= 15 is 0 Å². The van der Waals surface area contributed by atoms with Crippen LogP contribution in [0.5, 0.6) is 0 Å². The van der Waals surface area contributed by atoms with E-state index in [4.69, 9.17) is 5.11 Å². The largest absolute Gasteiger partial charge is 0.480 e. The Kier molecular flexibility index (Phi) is 6.75. The highest BCUT2D eigenvalue weighted by atomic mass is 16.4.